The fourth-order valence-corrected chi connectivity index (χ4v) is 5.86. The van der Waals surface area contributed by atoms with Crippen LogP contribution in [0.4, 0.5) is 5.69 Å². The number of fused-ring (bicyclic) bond motifs is 3. The number of ether oxygens (including phenoxy) is 1. The molecule has 2 saturated heterocycles. The van der Waals surface area contributed by atoms with Crippen LogP contribution in [0.2, 0.25) is 10.0 Å². The lowest BCUT2D eigenvalue weighted by atomic mass is 9.77. The van der Waals surface area contributed by atoms with Gasteiger partial charge in [-0.1, -0.05) is 83.4 Å². The molecule has 0 radical (unpaired) electrons. The fourth-order valence-electron chi connectivity index (χ4n) is 5.48. The van der Waals surface area contributed by atoms with E-state index in [-0.39, 0.29) is 26.9 Å². The number of halogens is 2. The lowest BCUT2D eigenvalue weighted by Gasteiger charge is -2.27. The third-order valence-corrected chi connectivity index (χ3v) is 7.91. The molecule has 1 spiro atoms. The molecule has 3 aromatic rings. The van der Waals surface area contributed by atoms with Crippen LogP contribution in [-0.4, -0.2) is 29.0 Å². The van der Waals surface area contributed by atoms with Gasteiger partial charge in [0.1, 0.15) is 0 Å². The quantitative estimate of drug-likeness (QED) is 0.361. The van der Waals surface area contributed by atoms with Gasteiger partial charge in [-0.25, -0.2) is 4.90 Å². The van der Waals surface area contributed by atoms with Crippen LogP contribution in [-0.2, 0) is 14.3 Å². The number of anilines is 1. The van der Waals surface area contributed by atoms with Gasteiger partial charge in [0.2, 0.25) is 29.0 Å². The summed E-state index contributed by atoms with van der Waals surface area (Å²) in [6, 6.07) is 18.2. The minimum absolute atomic E-state index is 0.0325. The van der Waals surface area contributed by atoms with Gasteiger partial charge < -0.3 is 4.74 Å². The summed E-state index contributed by atoms with van der Waals surface area (Å²) in [5.74, 6) is -4.96. The van der Waals surface area contributed by atoms with Gasteiger partial charge in [-0.15, -0.1) is 0 Å². The zero-order chi connectivity index (χ0) is 24.6. The first kappa shape index (κ1) is 22.2. The van der Waals surface area contributed by atoms with Crippen molar-refractivity contribution in [3.05, 3.63) is 99.0 Å². The Morgan fingerprint density at radius 3 is 2.06 bits per heavy atom. The minimum atomic E-state index is -2.13. The number of hydrogen-bond acceptors (Lipinski definition) is 5. The van der Waals surface area contributed by atoms with Crippen LogP contribution in [0.15, 0.2) is 66.7 Å². The Kier molecular flexibility index (Phi) is 4.81. The molecule has 0 aromatic heterocycles. The second-order valence-corrected chi connectivity index (χ2v) is 9.76. The van der Waals surface area contributed by atoms with Crippen LogP contribution >= 0.6 is 23.2 Å². The molecule has 0 unspecified atom stereocenters. The maximum absolute atomic E-state index is 13.9. The highest BCUT2D eigenvalue weighted by Gasteiger charge is 2.74. The van der Waals surface area contributed by atoms with Crippen molar-refractivity contribution in [2.24, 2.45) is 11.8 Å². The molecule has 2 heterocycles. The van der Waals surface area contributed by atoms with Crippen LogP contribution in [0, 0.1) is 18.8 Å². The molecule has 3 atom stereocenters. The van der Waals surface area contributed by atoms with E-state index in [2.05, 4.69) is 0 Å². The molecule has 2 amide bonds. The lowest BCUT2D eigenvalue weighted by molar-refractivity contribution is -0.127. The molecule has 6 rings (SSSR count). The maximum atomic E-state index is 13.9. The van der Waals surface area contributed by atoms with Gasteiger partial charge in [-0.3, -0.25) is 19.2 Å². The average Bonchev–Trinajstić information content (AvgIpc) is 3.42. The van der Waals surface area contributed by atoms with Gasteiger partial charge in [0, 0.05) is 11.1 Å². The Morgan fingerprint density at radius 1 is 0.800 bits per heavy atom. The summed E-state index contributed by atoms with van der Waals surface area (Å²) in [5, 5.41) is 0.202. The molecular formula is C27H17Cl2NO5. The number of amides is 2. The number of carbonyl (C=O) groups excluding carboxylic acids is 4. The summed E-state index contributed by atoms with van der Waals surface area (Å²) < 4.78 is 6.26. The number of aryl methyl sites for hydroxylation is 1. The van der Waals surface area contributed by atoms with Crippen LogP contribution in [0.3, 0.4) is 0 Å². The van der Waals surface area contributed by atoms with Crippen molar-refractivity contribution < 1.29 is 23.9 Å². The van der Waals surface area contributed by atoms with Gasteiger partial charge in [0.15, 0.2) is 0 Å². The molecule has 0 bridgehead atoms. The van der Waals surface area contributed by atoms with E-state index < -0.39 is 46.9 Å². The Balaban J connectivity index is 1.56. The van der Waals surface area contributed by atoms with Crippen molar-refractivity contribution in [2.75, 3.05) is 4.90 Å². The van der Waals surface area contributed by atoms with Gasteiger partial charge >= 0.3 is 0 Å². The molecular weight excluding hydrogens is 489 g/mol. The first-order valence-corrected chi connectivity index (χ1v) is 11.8. The first-order chi connectivity index (χ1) is 16.8. The van der Waals surface area contributed by atoms with Gasteiger partial charge in [-0.05, 0) is 24.6 Å². The van der Waals surface area contributed by atoms with E-state index in [0.29, 0.717) is 5.56 Å². The topological polar surface area (TPSA) is 80.8 Å². The summed E-state index contributed by atoms with van der Waals surface area (Å²) in [7, 11) is 0. The molecule has 8 heteroatoms. The highest BCUT2D eigenvalue weighted by Crippen LogP contribution is 2.58. The summed E-state index contributed by atoms with van der Waals surface area (Å²) in [6.07, 6.45) is -0.984. The van der Waals surface area contributed by atoms with E-state index >= 15 is 0 Å². The molecule has 6 nitrogen and oxygen atoms in total. The predicted molar refractivity (Wildman–Crippen MR) is 129 cm³/mol. The van der Waals surface area contributed by atoms with Crippen LogP contribution in [0.25, 0.3) is 0 Å². The Morgan fingerprint density at radius 2 is 1.43 bits per heavy atom. The van der Waals surface area contributed by atoms with E-state index in [4.69, 9.17) is 27.9 Å². The summed E-state index contributed by atoms with van der Waals surface area (Å²) in [4.78, 5) is 56.2. The van der Waals surface area contributed by atoms with E-state index in [1.54, 1.807) is 36.4 Å². The number of rotatable bonds is 2. The van der Waals surface area contributed by atoms with Crippen molar-refractivity contribution in [1.82, 2.24) is 0 Å². The molecule has 2 aliphatic heterocycles. The van der Waals surface area contributed by atoms with Gasteiger partial charge in [-0.2, -0.15) is 0 Å². The summed E-state index contributed by atoms with van der Waals surface area (Å²) >= 11 is 12.5. The monoisotopic (exact) mass is 505 g/mol. The molecule has 0 N–H and O–H groups in total. The SMILES string of the molecule is Cc1ccc([C@@H]2OC3(C(=O)c4ccccc4C3=O)[C@@H]3C(=O)N(c4cccc(Cl)c4Cl)C(=O)[C@H]32)cc1. The smallest absolute Gasteiger partial charge is 0.241 e. The largest absolute Gasteiger partial charge is 0.349 e. The Bertz CT molecular complexity index is 1430. The van der Waals surface area contributed by atoms with Gasteiger partial charge in [0.05, 0.1) is 33.7 Å². The van der Waals surface area contributed by atoms with Crippen molar-refractivity contribution in [2.45, 2.75) is 18.6 Å². The molecule has 35 heavy (non-hydrogen) atoms. The molecule has 3 aromatic carbocycles. The number of hydrogen-bond donors (Lipinski definition) is 0. The average molecular weight is 506 g/mol. The van der Waals surface area contributed by atoms with Crippen molar-refractivity contribution in [3.63, 3.8) is 0 Å². The van der Waals surface area contributed by atoms with E-state index in [9.17, 15) is 19.2 Å². The number of carbonyl (C=O) groups is 4. The van der Waals surface area contributed by atoms with Crippen LogP contribution in [0.5, 0.6) is 0 Å². The third kappa shape index (κ3) is 2.82. The van der Waals surface area contributed by atoms with E-state index in [0.717, 1.165) is 10.5 Å². The predicted octanol–water partition coefficient (Wildman–Crippen LogP) is 5.00. The second-order valence-electron chi connectivity index (χ2n) is 8.98. The zero-order valence-electron chi connectivity index (χ0n) is 18.3. The highest BCUT2D eigenvalue weighted by molar-refractivity contribution is 6.45. The number of ketones is 2. The number of imide groups is 1. The standard InChI is InChI=1S/C27H17Cl2NO5/c1-13-9-11-14(12-10-13)22-19-20(26(34)30(25(19)33)18-8-4-7-17(28)21(18)29)27(35-22)23(31)15-5-2-3-6-16(15)24(27)32/h2-12,19-20,22H,1H3/t19-,20+,22+/m1/s1. The Hall–Kier alpha value is -3.32. The highest BCUT2D eigenvalue weighted by atomic mass is 35.5. The second kappa shape index (κ2) is 7.59. The molecule has 3 aliphatic rings. The number of nitrogens with zero attached hydrogens (tertiary/aromatic N) is 1. The molecule has 0 saturated carbocycles. The van der Waals surface area contributed by atoms with Crippen molar-refractivity contribution in [3.8, 4) is 0 Å². The first-order valence-electron chi connectivity index (χ1n) is 11.0. The Labute approximate surface area is 210 Å². The lowest BCUT2D eigenvalue weighted by Crippen LogP contribution is -2.51. The van der Waals surface area contributed by atoms with E-state index in [1.165, 1.54) is 18.2 Å². The fraction of sp³-hybridized carbons (Fsp3) is 0.185. The normalized spacial score (nSPS) is 24.4. The number of Topliss-reactive ketones (excluding diaryl/α,β-unsaturated/α-hetero) is 2. The molecule has 174 valence electrons. The van der Waals surface area contributed by atoms with Crippen LogP contribution in [0.1, 0.15) is 37.9 Å². The maximum Gasteiger partial charge on any atom is 0.241 e. The minimum Gasteiger partial charge on any atom is -0.349 e. The van der Waals surface area contributed by atoms with Crippen molar-refractivity contribution in [1.29, 1.82) is 0 Å². The third-order valence-electron chi connectivity index (χ3n) is 7.10. The summed E-state index contributed by atoms with van der Waals surface area (Å²) in [6.45, 7) is 1.91. The zero-order valence-corrected chi connectivity index (χ0v) is 19.8. The van der Waals surface area contributed by atoms with Crippen molar-refractivity contribution >= 4 is 52.3 Å². The van der Waals surface area contributed by atoms with Crippen LogP contribution < -0.4 is 4.90 Å². The number of benzene rings is 3. The molecule has 2 fully saturated rings. The van der Waals surface area contributed by atoms with E-state index in [1.807, 2.05) is 19.1 Å². The van der Waals surface area contributed by atoms with Gasteiger partial charge in [0.25, 0.3) is 0 Å². The molecule has 1 aliphatic carbocycles. The summed E-state index contributed by atoms with van der Waals surface area (Å²) in [5.41, 5.74) is -0.0765.